The molecule has 0 fully saturated rings. The fourth-order valence-electron chi connectivity index (χ4n) is 1.73. The lowest BCUT2D eigenvalue weighted by Gasteiger charge is -2.26. The van der Waals surface area contributed by atoms with Gasteiger partial charge in [0.1, 0.15) is 0 Å². The highest BCUT2D eigenvalue weighted by Crippen LogP contribution is 2.32. The van der Waals surface area contributed by atoms with Crippen molar-refractivity contribution < 1.29 is 0 Å². The second-order valence-corrected chi connectivity index (χ2v) is 3.80. The molecule has 0 spiro atoms. The SMILES string of the molecule is C=CCC1=CC(C)C(C)C(=C)C1. The molecule has 0 radical (unpaired) electrons. The van der Waals surface area contributed by atoms with Crippen LogP contribution >= 0.6 is 0 Å². The molecular weight excluding hydrogens is 144 g/mol. The first-order valence-corrected chi connectivity index (χ1v) is 4.63. The molecule has 2 unspecified atom stereocenters. The predicted octanol–water partition coefficient (Wildman–Crippen LogP) is 3.72. The molecule has 0 amide bonds. The van der Waals surface area contributed by atoms with Crippen molar-refractivity contribution in [3.8, 4) is 0 Å². The summed E-state index contributed by atoms with van der Waals surface area (Å²) in [7, 11) is 0. The molecule has 1 rings (SSSR count). The second-order valence-electron chi connectivity index (χ2n) is 3.80. The predicted molar refractivity (Wildman–Crippen MR) is 55.0 cm³/mol. The van der Waals surface area contributed by atoms with Gasteiger partial charge in [0.15, 0.2) is 0 Å². The highest BCUT2D eigenvalue weighted by Gasteiger charge is 2.19. The molecule has 1 aliphatic carbocycles. The minimum atomic E-state index is 0.651. The monoisotopic (exact) mass is 162 g/mol. The van der Waals surface area contributed by atoms with Crippen LogP contribution in [0.5, 0.6) is 0 Å². The molecule has 0 aromatic heterocycles. The van der Waals surface area contributed by atoms with E-state index in [4.69, 9.17) is 0 Å². The van der Waals surface area contributed by atoms with Crippen molar-refractivity contribution >= 4 is 0 Å². The Kier molecular flexibility index (Phi) is 2.91. The molecule has 0 nitrogen and oxygen atoms in total. The van der Waals surface area contributed by atoms with Crippen molar-refractivity contribution in [3.63, 3.8) is 0 Å². The lowest BCUT2D eigenvalue weighted by Crippen LogP contribution is -2.14. The van der Waals surface area contributed by atoms with Gasteiger partial charge < -0.3 is 0 Å². The van der Waals surface area contributed by atoms with Crippen LogP contribution in [0.3, 0.4) is 0 Å². The van der Waals surface area contributed by atoms with Gasteiger partial charge >= 0.3 is 0 Å². The molecule has 0 aliphatic heterocycles. The van der Waals surface area contributed by atoms with E-state index >= 15 is 0 Å². The molecular formula is C12H18. The van der Waals surface area contributed by atoms with Crippen LogP contribution in [-0.4, -0.2) is 0 Å². The van der Waals surface area contributed by atoms with Crippen LogP contribution < -0.4 is 0 Å². The van der Waals surface area contributed by atoms with Crippen LogP contribution in [0.1, 0.15) is 26.7 Å². The summed E-state index contributed by atoms with van der Waals surface area (Å²) in [6.45, 7) is 12.4. The Morgan fingerprint density at radius 3 is 2.75 bits per heavy atom. The summed E-state index contributed by atoms with van der Waals surface area (Å²) in [5.41, 5.74) is 2.86. The van der Waals surface area contributed by atoms with E-state index < -0.39 is 0 Å². The fourth-order valence-corrected chi connectivity index (χ4v) is 1.73. The van der Waals surface area contributed by atoms with Gasteiger partial charge in [-0.15, -0.1) is 6.58 Å². The summed E-state index contributed by atoms with van der Waals surface area (Å²) < 4.78 is 0. The Labute approximate surface area is 75.7 Å². The maximum Gasteiger partial charge on any atom is -0.0105 e. The van der Waals surface area contributed by atoms with Gasteiger partial charge in [-0.25, -0.2) is 0 Å². The zero-order chi connectivity index (χ0) is 9.14. The minimum Gasteiger partial charge on any atom is -0.103 e. The van der Waals surface area contributed by atoms with E-state index in [0.717, 1.165) is 12.8 Å². The Hall–Kier alpha value is -0.780. The third-order valence-corrected chi connectivity index (χ3v) is 2.79. The molecule has 66 valence electrons. The summed E-state index contributed by atoms with van der Waals surface area (Å²) in [4.78, 5) is 0. The van der Waals surface area contributed by atoms with Gasteiger partial charge in [-0.05, 0) is 24.7 Å². The second kappa shape index (κ2) is 3.75. The molecule has 0 heterocycles. The first-order chi connectivity index (χ1) is 5.65. The molecule has 0 saturated heterocycles. The molecule has 1 aliphatic rings. The van der Waals surface area contributed by atoms with E-state index in [-0.39, 0.29) is 0 Å². The lowest BCUT2D eigenvalue weighted by molar-refractivity contribution is 0.497. The lowest BCUT2D eigenvalue weighted by atomic mass is 9.79. The summed E-state index contributed by atoms with van der Waals surface area (Å²) in [6, 6.07) is 0. The van der Waals surface area contributed by atoms with Crippen LogP contribution in [0.15, 0.2) is 36.5 Å². The Morgan fingerprint density at radius 1 is 1.58 bits per heavy atom. The summed E-state index contributed by atoms with van der Waals surface area (Å²) in [5, 5.41) is 0. The van der Waals surface area contributed by atoms with E-state index in [9.17, 15) is 0 Å². The summed E-state index contributed by atoms with van der Waals surface area (Å²) >= 11 is 0. The van der Waals surface area contributed by atoms with Gasteiger partial charge in [-0.1, -0.05) is 43.7 Å². The molecule has 2 atom stereocenters. The van der Waals surface area contributed by atoms with Crippen molar-refractivity contribution in [2.45, 2.75) is 26.7 Å². The average molecular weight is 162 g/mol. The third kappa shape index (κ3) is 1.88. The Morgan fingerprint density at radius 2 is 2.25 bits per heavy atom. The quantitative estimate of drug-likeness (QED) is 0.543. The van der Waals surface area contributed by atoms with Crippen molar-refractivity contribution in [3.05, 3.63) is 36.5 Å². The highest BCUT2D eigenvalue weighted by molar-refractivity contribution is 5.24. The number of hydrogen-bond acceptors (Lipinski definition) is 0. The molecule has 0 N–H and O–H groups in total. The smallest absolute Gasteiger partial charge is 0.0105 e. The number of allylic oxidation sites excluding steroid dienone is 4. The van der Waals surface area contributed by atoms with E-state index in [0.29, 0.717) is 11.8 Å². The molecule has 0 heteroatoms. The molecule has 0 aromatic carbocycles. The molecule has 0 bridgehead atoms. The highest BCUT2D eigenvalue weighted by atomic mass is 14.2. The van der Waals surface area contributed by atoms with E-state index in [1.807, 2.05) is 6.08 Å². The first-order valence-electron chi connectivity index (χ1n) is 4.63. The van der Waals surface area contributed by atoms with Gasteiger partial charge in [0.25, 0.3) is 0 Å². The van der Waals surface area contributed by atoms with Gasteiger partial charge in [0.05, 0.1) is 0 Å². The van der Waals surface area contributed by atoms with Crippen molar-refractivity contribution in [1.82, 2.24) is 0 Å². The fraction of sp³-hybridized carbons (Fsp3) is 0.500. The zero-order valence-corrected chi connectivity index (χ0v) is 8.14. The normalized spacial score (nSPS) is 29.8. The Balaban J connectivity index is 2.73. The topological polar surface area (TPSA) is 0 Å². The summed E-state index contributed by atoms with van der Waals surface area (Å²) in [6.07, 6.45) is 6.45. The van der Waals surface area contributed by atoms with Crippen LogP contribution in [0.4, 0.5) is 0 Å². The molecule has 0 saturated carbocycles. The third-order valence-electron chi connectivity index (χ3n) is 2.79. The van der Waals surface area contributed by atoms with Gasteiger partial charge in [0, 0.05) is 0 Å². The van der Waals surface area contributed by atoms with Crippen LogP contribution in [0, 0.1) is 11.8 Å². The summed E-state index contributed by atoms with van der Waals surface area (Å²) in [5.74, 6) is 1.31. The van der Waals surface area contributed by atoms with Gasteiger partial charge in [0.2, 0.25) is 0 Å². The van der Waals surface area contributed by atoms with Crippen LogP contribution in [-0.2, 0) is 0 Å². The maximum atomic E-state index is 4.10. The van der Waals surface area contributed by atoms with Gasteiger partial charge in [-0.2, -0.15) is 0 Å². The molecule has 0 aromatic rings. The number of rotatable bonds is 2. The minimum absolute atomic E-state index is 0.651. The molecule has 12 heavy (non-hydrogen) atoms. The van der Waals surface area contributed by atoms with Crippen LogP contribution in [0.25, 0.3) is 0 Å². The van der Waals surface area contributed by atoms with E-state index in [1.165, 1.54) is 11.1 Å². The number of hydrogen-bond donors (Lipinski definition) is 0. The largest absolute Gasteiger partial charge is 0.103 e. The first kappa shape index (κ1) is 9.31. The van der Waals surface area contributed by atoms with Gasteiger partial charge in [-0.3, -0.25) is 0 Å². The zero-order valence-electron chi connectivity index (χ0n) is 8.14. The van der Waals surface area contributed by atoms with Crippen molar-refractivity contribution in [1.29, 1.82) is 0 Å². The van der Waals surface area contributed by atoms with Crippen molar-refractivity contribution in [2.24, 2.45) is 11.8 Å². The maximum absolute atomic E-state index is 4.10. The standard InChI is InChI=1S/C12H18/c1-5-6-12-7-9(2)11(4)10(3)8-12/h5,8,10-11H,1-2,6-7H2,3-4H3. The van der Waals surface area contributed by atoms with E-state index in [1.54, 1.807) is 0 Å². The Bertz CT molecular complexity index is 220. The average Bonchev–Trinajstić information content (AvgIpc) is 2.01. The van der Waals surface area contributed by atoms with Crippen LogP contribution in [0.2, 0.25) is 0 Å². The van der Waals surface area contributed by atoms with E-state index in [2.05, 4.69) is 33.1 Å². The van der Waals surface area contributed by atoms with Crippen molar-refractivity contribution in [2.75, 3.05) is 0 Å².